The molecule has 1 fully saturated rings. The fraction of sp³-hybridized carbons (Fsp3) is 0.909. The van der Waals surface area contributed by atoms with Gasteiger partial charge in [0, 0.05) is 7.05 Å². The summed E-state index contributed by atoms with van der Waals surface area (Å²) in [6.45, 7) is 1.95. The Morgan fingerprint density at radius 2 is 2.17 bits per heavy atom. The Hall–Kier alpha value is -0.340. The van der Waals surface area contributed by atoms with Crippen LogP contribution >= 0.6 is 11.8 Å². The van der Waals surface area contributed by atoms with Crippen molar-refractivity contribution in [1.82, 2.24) is 5.32 Å². The average Bonchev–Trinajstić information content (AvgIpc) is 2.77. The number of aliphatic hydroxyl groups excluding tert-OH is 3. The zero-order chi connectivity index (χ0) is 13.3. The largest absolute Gasteiger partial charge is 0.390 e. The van der Waals surface area contributed by atoms with Gasteiger partial charge < -0.3 is 25.4 Å². The summed E-state index contributed by atoms with van der Waals surface area (Å²) in [5, 5.41) is 33.6. The molecule has 0 radical (unpaired) electrons. The molecule has 2 aliphatic heterocycles. The topological polar surface area (TPSA) is 94.3 Å². The van der Waals surface area contributed by atoms with Crippen LogP contribution in [0.3, 0.4) is 0 Å². The Labute approximate surface area is 110 Å². The van der Waals surface area contributed by atoms with Crippen LogP contribution in [0.25, 0.3) is 0 Å². The van der Waals surface area contributed by atoms with Gasteiger partial charge in [-0.05, 0) is 6.42 Å². The van der Waals surface area contributed by atoms with Gasteiger partial charge in [0.1, 0.15) is 29.8 Å². The maximum Gasteiger partial charge on any atom is 0.159 e. The summed E-state index contributed by atoms with van der Waals surface area (Å²) < 4.78 is 5.69. The normalized spacial score (nSPS) is 41.2. The van der Waals surface area contributed by atoms with Crippen LogP contribution in [0.4, 0.5) is 0 Å². The number of hydrogen-bond acceptors (Lipinski definition) is 7. The number of amidine groups is 1. The molecule has 0 saturated carbocycles. The number of nitrogens with zero attached hydrogens (tertiary/aromatic N) is 1. The van der Waals surface area contributed by atoms with Crippen LogP contribution < -0.4 is 5.32 Å². The van der Waals surface area contributed by atoms with Crippen LogP contribution in [0.15, 0.2) is 4.99 Å². The van der Waals surface area contributed by atoms with Crippen LogP contribution in [0.2, 0.25) is 0 Å². The molecule has 18 heavy (non-hydrogen) atoms. The monoisotopic (exact) mass is 276 g/mol. The molecule has 6 nitrogen and oxygen atoms in total. The van der Waals surface area contributed by atoms with Gasteiger partial charge in [-0.2, -0.15) is 0 Å². The number of rotatable bonds is 3. The third-order valence-electron chi connectivity index (χ3n) is 3.28. The van der Waals surface area contributed by atoms with E-state index in [1.807, 2.05) is 6.92 Å². The Balaban J connectivity index is 2.08. The molecule has 0 amide bonds. The molecule has 2 rings (SSSR count). The van der Waals surface area contributed by atoms with E-state index in [1.165, 1.54) is 11.8 Å². The van der Waals surface area contributed by atoms with Crippen molar-refractivity contribution in [3.8, 4) is 0 Å². The first kappa shape index (κ1) is 14.1. The number of nitrogens with one attached hydrogen (secondary N) is 1. The first-order chi connectivity index (χ1) is 8.58. The number of thioether (sulfide) groups is 1. The van der Waals surface area contributed by atoms with Crippen molar-refractivity contribution in [3.05, 3.63) is 0 Å². The molecule has 0 aliphatic carbocycles. The Morgan fingerprint density at radius 1 is 1.44 bits per heavy atom. The number of ether oxygens (including phenoxy) is 1. The fourth-order valence-electron chi connectivity index (χ4n) is 2.29. The van der Waals surface area contributed by atoms with Crippen LogP contribution in [0.1, 0.15) is 19.8 Å². The second-order valence-corrected chi connectivity index (χ2v) is 5.69. The quantitative estimate of drug-likeness (QED) is 0.544. The minimum Gasteiger partial charge on any atom is -0.390 e. The number of fused-ring (bicyclic) bond motifs is 1. The van der Waals surface area contributed by atoms with E-state index < -0.39 is 30.5 Å². The van der Waals surface area contributed by atoms with Crippen LogP contribution in [0, 0.1) is 0 Å². The van der Waals surface area contributed by atoms with Crippen LogP contribution in [-0.2, 0) is 4.74 Å². The molecule has 2 aliphatic rings. The molecule has 7 heteroatoms. The molecule has 0 aromatic carbocycles. The highest BCUT2D eigenvalue weighted by Gasteiger charge is 2.49. The summed E-state index contributed by atoms with van der Waals surface area (Å²) in [4.78, 5) is 4.25. The highest BCUT2D eigenvalue weighted by Crippen LogP contribution is 2.36. The summed E-state index contributed by atoms with van der Waals surface area (Å²) in [5.74, 6) is 0. The fourth-order valence-corrected chi connectivity index (χ4v) is 3.35. The highest BCUT2D eigenvalue weighted by atomic mass is 32.2. The molecule has 0 aromatic rings. The van der Waals surface area contributed by atoms with Gasteiger partial charge in [0.2, 0.25) is 0 Å². The van der Waals surface area contributed by atoms with Gasteiger partial charge in [-0.15, -0.1) is 0 Å². The molecule has 6 atom stereocenters. The first-order valence-electron chi connectivity index (χ1n) is 6.20. The Kier molecular flexibility index (Phi) is 4.50. The zero-order valence-corrected chi connectivity index (χ0v) is 11.3. The van der Waals surface area contributed by atoms with E-state index in [0.29, 0.717) is 11.6 Å². The van der Waals surface area contributed by atoms with Crippen LogP contribution in [-0.4, -0.2) is 63.4 Å². The predicted molar refractivity (Wildman–Crippen MR) is 69.5 cm³/mol. The second-order valence-electron chi connectivity index (χ2n) is 4.60. The molecular formula is C11H20N2O4S. The van der Waals surface area contributed by atoms with Crippen molar-refractivity contribution >= 4 is 16.9 Å². The van der Waals surface area contributed by atoms with Crippen molar-refractivity contribution in [2.45, 2.75) is 55.7 Å². The zero-order valence-electron chi connectivity index (χ0n) is 10.5. The van der Waals surface area contributed by atoms with E-state index in [1.54, 1.807) is 7.05 Å². The lowest BCUT2D eigenvalue weighted by Crippen LogP contribution is -2.58. The molecule has 1 saturated heterocycles. The predicted octanol–water partition coefficient (Wildman–Crippen LogP) is -0.715. The molecule has 104 valence electrons. The van der Waals surface area contributed by atoms with Gasteiger partial charge in [-0.3, -0.25) is 4.99 Å². The van der Waals surface area contributed by atoms with Gasteiger partial charge in [-0.25, -0.2) is 0 Å². The molecule has 0 spiro atoms. The van der Waals surface area contributed by atoms with Gasteiger partial charge in [-0.1, -0.05) is 25.1 Å². The third-order valence-corrected chi connectivity index (χ3v) is 4.43. The van der Waals surface area contributed by atoms with Gasteiger partial charge >= 0.3 is 0 Å². The lowest BCUT2D eigenvalue weighted by atomic mass is 9.93. The highest BCUT2D eigenvalue weighted by molar-refractivity contribution is 8.14. The average molecular weight is 276 g/mol. The van der Waals surface area contributed by atoms with E-state index in [9.17, 15) is 15.3 Å². The summed E-state index contributed by atoms with van der Waals surface area (Å²) in [6, 6.07) is -0.475. The molecule has 0 aromatic heterocycles. The number of hydrogen-bond donors (Lipinski definition) is 4. The standard InChI is InChI=1S/C11H20N2O4S/c1-3-4-5(14)9-8(16)7(15)6-10(17-9)18-11(12-2)13-6/h5-10,14-16H,3-4H2,1-2H3,(H,12,13)/t5-,6-,7-,8+,9-,10-/m1/s1. The Bertz CT molecular complexity index is 328. The van der Waals surface area contributed by atoms with E-state index in [-0.39, 0.29) is 5.44 Å². The van der Waals surface area contributed by atoms with E-state index >= 15 is 0 Å². The summed E-state index contributed by atoms with van der Waals surface area (Å²) in [6.07, 6.45) is -2.29. The smallest absolute Gasteiger partial charge is 0.159 e. The maximum atomic E-state index is 10.1. The number of aliphatic hydroxyl groups is 3. The lowest BCUT2D eigenvalue weighted by Gasteiger charge is -2.40. The molecule has 4 N–H and O–H groups in total. The van der Waals surface area contributed by atoms with Crippen molar-refractivity contribution in [2.75, 3.05) is 7.05 Å². The maximum absolute atomic E-state index is 10.1. The Morgan fingerprint density at radius 3 is 2.78 bits per heavy atom. The van der Waals surface area contributed by atoms with Crippen molar-refractivity contribution in [3.63, 3.8) is 0 Å². The van der Waals surface area contributed by atoms with Crippen molar-refractivity contribution in [2.24, 2.45) is 4.99 Å². The van der Waals surface area contributed by atoms with Gasteiger partial charge in [0.15, 0.2) is 5.17 Å². The molecular weight excluding hydrogens is 256 g/mol. The van der Waals surface area contributed by atoms with E-state index in [0.717, 1.165) is 6.42 Å². The summed E-state index contributed by atoms with van der Waals surface area (Å²) in [7, 11) is 1.75. The minimum atomic E-state index is -1.10. The van der Waals surface area contributed by atoms with E-state index in [2.05, 4.69) is 10.3 Å². The SMILES string of the molecule is CCC[C@@H](O)[C@H]1O[C@@H]2SC(NC)=N[C@@H]2[C@@H](O)[C@@H]1O. The molecule has 0 unspecified atom stereocenters. The molecule has 2 heterocycles. The van der Waals surface area contributed by atoms with E-state index in [4.69, 9.17) is 4.74 Å². The van der Waals surface area contributed by atoms with Crippen LogP contribution in [0.5, 0.6) is 0 Å². The van der Waals surface area contributed by atoms with Gasteiger partial charge in [0.25, 0.3) is 0 Å². The van der Waals surface area contributed by atoms with Crippen molar-refractivity contribution in [1.29, 1.82) is 0 Å². The lowest BCUT2D eigenvalue weighted by molar-refractivity contribution is -0.185. The molecule has 0 bridgehead atoms. The summed E-state index contributed by atoms with van der Waals surface area (Å²) >= 11 is 1.37. The minimum absolute atomic E-state index is 0.345. The van der Waals surface area contributed by atoms with Gasteiger partial charge in [0.05, 0.1) is 6.10 Å². The second kappa shape index (κ2) is 5.75. The third kappa shape index (κ3) is 2.50. The first-order valence-corrected chi connectivity index (χ1v) is 7.08. The van der Waals surface area contributed by atoms with Crippen molar-refractivity contribution < 1.29 is 20.1 Å². The number of aliphatic imine (C=N–C) groups is 1. The summed E-state index contributed by atoms with van der Waals surface area (Å²) in [5.41, 5.74) is -0.345.